The Morgan fingerprint density at radius 1 is 1.43 bits per heavy atom. The minimum atomic E-state index is 0. The Bertz CT molecular complexity index is 506. The molecule has 3 rings (SSSR count). The number of rotatable bonds is 5. The Balaban J connectivity index is 0.00000132. The van der Waals surface area contributed by atoms with Gasteiger partial charge in [-0.1, -0.05) is 43.3 Å². The van der Waals surface area contributed by atoms with Crippen molar-refractivity contribution in [2.45, 2.75) is 51.6 Å². The molecule has 1 atom stereocenters. The van der Waals surface area contributed by atoms with Crippen LogP contribution in [0.15, 0.2) is 21.1 Å². The summed E-state index contributed by atoms with van der Waals surface area (Å²) in [7, 11) is 0. The van der Waals surface area contributed by atoms with E-state index >= 15 is 0 Å². The molecule has 3 heterocycles. The van der Waals surface area contributed by atoms with Gasteiger partial charge in [-0.2, -0.15) is 0 Å². The molecule has 0 saturated heterocycles. The quantitative estimate of drug-likeness (QED) is 0.758. The second-order valence-electron chi connectivity index (χ2n) is 6.44. The number of aliphatic imine (C=N–C) groups is 2. The van der Waals surface area contributed by atoms with Crippen LogP contribution in [-0.2, 0) is 0 Å². The van der Waals surface area contributed by atoms with Crippen LogP contribution in [0.1, 0.15) is 40.0 Å². The molecule has 0 saturated carbocycles. The normalized spacial score (nSPS) is 24.0. The highest BCUT2D eigenvalue weighted by atomic mass is 35.5. The topological polar surface area (TPSA) is 40.0 Å². The fourth-order valence-corrected chi connectivity index (χ4v) is 4.83. The van der Waals surface area contributed by atoms with E-state index in [9.17, 15) is 0 Å². The fraction of sp³-hybridized carbons (Fsp3) is 0.733. The van der Waals surface area contributed by atoms with E-state index in [-0.39, 0.29) is 30.4 Å². The molecule has 0 amide bonds. The summed E-state index contributed by atoms with van der Waals surface area (Å²) < 4.78 is 0. The Kier molecular flexibility index (Phi) is 8.11. The first-order valence-electron chi connectivity index (χ1n) is 7.74. The van der Waals surface area contributed by atoms with Gasteiger partial charge in [0.15, 0.2) is 10.3 Å². The number of halogens is 2. The molecule has 0 spiro atoms. The summed E-state index contributed by atoms with van der Waals surface area (Å²) in [6.45, 7) is 8.59. The van der Waals surface area contributed by atoms with Crippen LogP contribution in [-0.4, -0.2) is 45.7 Å². The number of unbranched alkanes of at least 4 members (excludes halogenated alkanes) is 1. The number of amidine groups is 2. The largest absolute Gasteiger partial charge is 0.360 e. The van der Waals surface area contributed by atoms with E-state index in [4.69, 9.17) is 4.99 Å². The van der Waals surface area contributed by atoms with Crippen LogP contribution < -0.4 is 5.32 Å². The molecule has 0 fully saturated rings. The van der Waals surface area contributed by atoms with Crippen molar-refractivity contribution in [1.29, 1.82) is 0 Å². The molecule has 0 radical (unpaired) electrons. The summed E-state index contributed by atoms with van der Waals surface area (Å²) in [6.07, 6.45) is 3.78. The minimum absolute atomic E-state index is 0. The number of hydrogen-bond donors (Lipinski definition) is 1. The van der Waals surface area contributed by atoms with Gasteiger partial charge >= 0.3 is 0 Å². The van der Waals surface area contributed by atoms with Gasteiger partial charge in [-0.3, -0.25) is 9.98 Å². The number of thioether (sulfide) groups is 2. The van der Waals surface area contributed by atoms with Crippen LogP contribution in [0.4, 0.5) is 0 Å². The van der Waals surface area contributed by atoms with Gasteiger partial charge < -0.3 is 10.2 Å². The van der Waals surface area contributed by atoms with Crippen molar-refractivity contribution < 1.29 is 0 Å². The predicted molar refractivity (Wildman–Crippen MR) is 110 cm³/mol. The van der Waals surface area contributed by atoms with Crippen LogP contribution in [0.25, 0.3) is 0 Å². The third-order valence-corrected chi connectivity index (χ3v) is 5.74. The molecule has 23 heavy (non-hydrogen) atoms. The van der Waals surface area contributed by atoms with Crippen LogP contribution in [0.5, 0.6) is 0 Å². The van der Waals surface area contributed by atoms with Crippen molar-refractivity contribution in [3.8, 4) is 0 Å². The Hall–Kier alpha value is -0.0400. The predicted octanol–water partition coefficient (Wildman–Crippen LogP) is 4.12. The van der Waals surface area contributed by atoms with E-state index in [1.807, 2.05) is 11.8 Å². The zero-order chi connectivity index (χ0) is 14.9. The summed E-state index contributed by atoms with van der Waals surface area (Å²) in [5.74, 6) is 0.981. The van der Waals surface area contributed by atoms with Crippen molar-refractivity contribution in [2.75, 3.05) is 18.8 Å². The van der Waals surface area contributed by atoms with Gasteiger partial charge in [0.25, 0.3) is 0 Å². The zero-order valence-electron chi connectivity index (χ0n) is 13.9. The first kappa shape index (κ1) is 21.0. The summed E-state index contributed by atoms with van der Waals surface area (Å²) in [5, 5.41) is 8.08. The molecule has 0 aromatic carbocycles. The maximum absolute atomic E-state index is 4.76. The molecule has 132 valence electrons. The lowest BCUT2D eigenvalue weighted by Crippen LogP contribution is -2.31. The molecular formula is C15H26Cl2N4S2. The van der Waals surface area contributed by atoms with Gasteiger partial charge in [0.05, 0.1) is 12.1 Å². The summed E-state index contributed by atoms with van der Waals surface area (Å²) in [5.41, 5.74) is 1.43. The molecule has 0 aromatic heterocycles. The molecule has 4 nitrogen and oxygen atoms in total. The van der Waals surface area contributed by atoms with Crippen LogP contribution in [0.3, 0.4) is 0 Å². The Labute approximate surface area is 160 Å². The average molecular weight is 397 g/mol. The lowest BCUT2D eigenvalue weighted by atomic mass is 10.1. The first-order chi connectivity index (χ1) is 10.1. The molecule has 0 bridgehead atoms. The van der Waals surface area contributed by atoms with Crippen LogP contribution in [0, 0.1) is 0 Å². The van der Waals surface area contributed by atoms with Gasteiger partial charge in [-0.05, 0) is 25.7 Å². The minimum Gasteiger partial charge on any atom is -0.360 e. The van der Waals surface area contributed by atoms with Gasteiger partial charge in [0, 0.05) is 24.0 Å². The molecule has 0 aliphatic carbocycles. The van der Waals surface area contributed by atoms with E-state index < -0.39 is 0 Å². The fourth-order valence-electron chi connectivity index (χ4n) is 2.72. The second-order valence-corrected chi connectivity index (χ2v) is 8.24. The highest BCUT2D eigenvalue weighted by Crippen LogP contribution is 2.36. The molecule has 1 N–H and O–H groups in total. The maximum Gasteiger partial charge on any atom is 0.168 e. The molecule has 3 aliphatic heterocycles. The standard InChI is InChI=1S/C15H24N4S2.2ClH/c1-4-5-6-11-7-16-13(17-11)20-8-12-9-21-14-18-15(2,3)10-19(12)14;;/h9,11H,4-8,10H2,1-3H3,(H,16,17);2*1H. The number of fused-ring (bicyclic) bond motifs is 1. The van der Waals surface area contributed by atoms with Crippen molar-refractivity contribution in [1.82, 2.24) is 10.2 Å². The summed E-state index contributed by atoms with van der Waals surface area (Å²) in [4.78, 5) is 11.8. The molecule has 1 unspecified atom stereocenters. The number of nitrogens with zero attached hydrogens (tertiary/aromatic N) is 3. The second kappa shape index (κ2) is 8.88. The Morgan fingerprint density at radius 2 is 2.22 bits per heavy atom. The van der Waals surface area contributed by atoms with Crippen LogP contribution in [0.2, 0.25) is 0 Å². The molecule has 8 heteroatoms. The van der Waals surface area contributed by atoms with Crippen LogP contribution >= 0.6 is 48.3 Å². The maximum atomic E-state index is 4.76. The SMILES string of the molecule is CCCCC1CN=C(SCC2=CSC3=NC(C)(C)CN23)N1.Cl.Cl. The lowest BCUT2D eigenvalue weighted by molar-refractivity contribution is 0.436. The summed E-state index contributed by atoms with van der Waals surface area (Å²) >= 11 is 3.59. The van der Waals surface area contributed by atoms with Gasteiger partial charge in [-0.25, -0.2) is 0 Å². The third kappa shape index (κ3) is 5.21. The van der Waals surface area contributed by atoms with Crippen molar-refractivity contribution in [3.63, 3.8) is 0 Å². The average Bonchev–Trinajstić information content (AvgIpc) is 3.08. The van der Waals surface area contributed by atoms with Crippen molar-refractivity contribution in [3.05, 3.63) is 11.1 Å². The molecule has 0 aromatic rings. The monoisotopic (exact) mass is 396 g/mol. The van der Waals surface area contributed by atoms with Crippen molar-refractivity contribution in [2.24, 2.45) is 9.98 Å². The molecule has 3 aliphatic rings. The van der Waals surface area contributed by atoms with E-state index in [0.717, 1.165) is 29.2 Å². The van der Waals surface area contributed by atoms with E-state index in [1.54, 1.807) is 11.8 Å². The zero-order valence-corrected chi connectivity index (χ0v) is 17.1. The highest BCUT2D eigenvalue weighted by molar-refractivity contribution is 8.17. The first-order valence-corrected chi connectivity index (χ1v) is 9.61. The smallest absolute Gasteiger partial charge is 0.168 e. The Morgan fingerprint density at radius 3 is 2.96 bits per heavy atom. The van der Waals surface area contributed by atoms with E-state index in [0.29, 0.717) is 6.04 Å². The number of hydrogen-bond acceptors (Lipinski definition) is 6. The highest BCUT2D eigenvalue weighted by Gasteiger charge is 2.36. The van der Waals surface area contributed by atoms with E-state index in [2.05, 4.69) is 41.4 Å². The van der Waals surface area contributed by atoms with E-state index in [1.165, 1.54) is 25.0 Å². The van der Waals surface area contributed by atoms with Crippen molar-refractivity contribution >= 4 is 58.7 Å². The van der Waals surface area contributed by atoms with Gasteiger partial charge in [0.1, 0.15) is 0 Å². The summed E-state index contributed by atoms with van der Waals surface area (Å²) in [6, 6.07) is 0.558. The third-order valence-electron chi connectivity index (χ3n) is 3.87. The molecular weight excluding hydrogens is 371 g/mol. The number of nitrogens with one attached hydrogen (secondary N) is 1. The van der Waals surface area contributed by atoms with Gasteiger partial charge in [0.2, 0.25) is 0 Å². The lowest BCUT2D eigenvalue weighted by Gasteiger charge is -2.20. The van der Waals surface area contributed by atoms with Gasteiger partial charge in [-0.15, -0.1) is 24.8 Å².